The maximum Gasteiger partial charge on any atom is 0.223 e. The first kappa shape index (κ1) is 18.0. The van der Waals surface area contributed by atoms with Gasteiger partial charge < -0.3 is 10.2 Å². The fourth-order valence-corrected chi connectivity index (χ4v) is 2.48. The van der Waals surface area contributed by atoms with E-state index in [0.29, 0.717) is 10.6 Å². The molecule has 0 saturated carbocycles. The molecule has 1 aromatic rings. The summed E-state index contributed by atoms with van der Waals surface area (Å²) in [6, 6.07) is 6.97. The van der Waals surface area contributed by atoms with E-state index in [0.717, 1.165) is 19.6 Å². The number of piperazine rings is 1. The molecule has 0 spiro atoms. The summed E-state index contributed by atoms with van der Waals surface area (Å²) in [5.41, 5.74) is 0.607. The molecule has 0 radical (unpaired) electrons. The van der Waals surface area contributed by atoms with Gasteiger partial charge in [-0.1, -0.05) is 11.6 Å². The summed E-state index contributed by atoms with van der Waals surface area (Å²) in [7, 11) is 0. The van der Waals surface area contributed by atoms with Crippen molar-refractivity contribution in [3.05, 3.63) is 34.9 Å². The van der Waals surface area contributed by atoms with Gasteiger partial charge in [-0.15, -0.1) is 12.4 Å². The lowest BCUT2D eigenvalue weighted by Crippen LogP contribution is -2.52. The Morgan fingerprint density at radius 2 is 1.95 bits per heavy atom. The van der Waals surface area contributed by atoms with Crippen LogP contribution in [0.25, 0.3) is 0 Å². The first-order valence-electron chi connectivity index (χ1n) is 6.87. The van der Waals surface area contributed by atoms with Crippen molar-refractivity contribution in [3.63, 3.8) is 0 Å². The van der Waals surface area contributed by atoms with Crippen molar-refractivity contribution >= 4 is 35.7 Å². The Hall–Kier alpha value is -1.10. The average Bonchev–Trinajstić information content (AvgIpc) is 2.45. The van der Waals surface area contributed by atoms with E-state index in [2.05, 4.69) is 5.32 Å². The van der Waals surface area contributed by atoms with Crippen molar-refractivity contribution in [1.29, 1.82) is 0 Å². The van der Waals surface area contributed by atoms with Gasteiger partial charge in [0.15, 0.2) is 5.78 Å². The smallest absolute Gasteiger partial charge is 0.223 e. The molecule has 1 saturated heterocycles. The number of hydrogen-bond donors (Lipinski definition) is 1. The molecule has 2 rings (SSSR count). The van der Waals surface area contributed by atoms with Gasteiger partial charge in [-0.25, -0.2) is 0 Å². The number of rotatable bonds is 4. The van der Waals surface area contributed by atoms with Gasteiger partial charge in [0.05, 0.1) is 0 Å². The molecule has 1 unspecified atom stereocenters. The minimum absolute atomic E-state index is 0. The molecule has 1 N–H and O–H groups in total. The quantitative estimate of drug-likeness (QED) is 0.863. The predicted octanol–water partition coefficient (Wildman–Crippen LogP) is 2.55. The van der Waals surface area contributed by atoms with E-state index in [9.17, 15) is 9.59 Å². The second-order valence-corrected chi connectivity index (χ2v) is 5.51. The number of amides is 1. The van der Waals surface area contributed by atoms with Crippen molar-refractivity contribution in [2.24, 2.45) is 0 Å². The lowest BCUT2D eigenvalue weighted by Gasteiger charge is -2.34. The van der Waals surface area contributed by atoms with Crippen LogP contribution >= 0.6 is 24.0 Å². The number of nitrogens with one attached hydrogen (secondary N) is 1. The minimum Gasteiger partial charge on any atom is -0.337 e. The summed E-state index contributed by atoms with van der Waals surface area (Å²) in [5.74, 6) is 0.0408. The Morgan fingerprint density at radius 1 is 1.29 bits per heavy atom. The van der Waals surface area contributed by atoms with E-state index < -0.39 is 0 Å². The van der Waals surface area contributed by atoms with Crippen molar-refractivity contribution < 1.29 is 9.59 Å². The molecular formula is C15H20Cl2N2O2. The van der Waals surface area contributed by atoms with E-state index in [1.165, 1.54) is 0 Å². The molecule has 1 amide bonds. The van der Waals surface area contributed by atoms with Crippen molar-refractivity contribution in [3.8, 4) is 0 Å². The van der Waals surface area contributed by atoms with Crippen LogP contribution in [-0.4, -0.2) is 42.3 Å². The minimum atomic E-state index is -0.0159. The number of carbonyl (C=O) groups is 2. The molecule has 1 heterocycles. The molecule has 0 aliphatic carbocycles. The van der Waals surface area contributed by atoms with Gasteiger partial charge in [-0.2, -0.15) is 0 Å². The summed E-state index contributed by atoms with van der Waals surface area (Å²) in [6.07, 6.45) is 0.517. The van der Waals surface area contributed by atoms with Gasteiger partial charge in [0.2, 0.25) is 5.91 Å². The number of benzene rings is 1. The van der Waals surface area contributed by atoms with Gasteiger partial charge in [-0.3, -0.25) is 9.59 Å². The van der Waals surface area contributed by atoms with Crippen LogP contribution in [0.4, 0.5) is 0 Å². The molecule has 1 aliphatic heterocycles. The second kappa shape index (κ2) is 8.37. The Kier molecular flexibility index (Phi) is 7.15. The van der Waals surface area contributed by atoms with Crippen LogP contribution in [0, 0.1) is 0 Å². The highest BCUT2D eigenvalue weighted by Crippen LogP contribution is 2.13. The van der Waals surface area contributed by atoms with Gasteiger partial charge in [0.1, 0.15) is 0 Å². The van der Waals surface area contributed by atoms with Crippen LogP contribution in [0.2, 0.25) is 5.02 Å². The Bertz CT molecular complexity index is 491. The number of nitrogens with zero attached hydrogens (tertiary/aromatic N) is 1. The predicted molar refractivity (Wildman–Crippen MR) is 86.3 cm³/mol. The van der Waals surface area contributed by atoms with Gasteiger partial charge >= 0.3 is 0 Å². The van der Waals surface area contributed by atoms with Gasteiger partial charge in [0, 0.05) is 49.1 Å². The van der Waals surface area contributed by atoms with E-state index >= 15 is 0 Å². The van der Waals surface area contributed by atoms with Crippen LogP contribution in [0.1, 0.15) is 30.1 Å². The number of ketones is 1. The third kappa shape index (κ3) is 4.99. The Balaban J connectivity index is 0.00000220. The monoisotopic (exact) mass is 330 g/mol. The SMILES string of the molecule is CC1CNCCN1C(=O)CCC(=O)c1ccc(Cl)cc1.Cl. The first-order chi connectivity index (χ1) is 9.58. The molecule has 6 heteroatoms. The standard InChI is InChI=1S/C15H19ClN2O2.ClH/c1-11-10-17-8-9-18(11)15(20)7-6-14(19)12-2-4-13(16)5-3-12;/h2-5,11,17H,6-10H2,1H3;1H. The summed E-state index contributed by atoms with van der Waals surface area (Å²) in [5, 5.41) is 3.85. The molecule has 4 nitrogen and oxygen atoms in total. The van der Waals surface area contributed by atoms with E-state index in [4.69, 9.17) is 11.6 Å². The van der Waals surface area contributed by atoms with E-state index in [1.54, 1.807) is 24.3 Å². The normalized spacial score (nSPS) is 18.0. The maximum absolute atomic E-state index is 12.1. The fraction of sp³-hybridized carbons (Fsp3) is 0.467. The third-order valence-electron chi connectivity index (χ3n) is 3.55. The summed E-state index contributed by atoms with van der Waals surface area (Å²) >= 11 is 5.78. The van der Waals surface area contributed by atoms with Crippen LogP contribution in [0.5, 0.6) is 0 Å². The highest BCUT2D eigenvalue weighted by molar-refractivity contribution is 6.30. The molecule has 1 aromatic carbocycles. The fourth-order valence-electron chi connectivity index (χ4n) is 2.36. The number of halogens is 2. The summed E-state index contributed by atoms with van der Waals surface area (Å²) in [6.45, 7) is 4.37. The second-order valence-electron chi connectivity index (χ2n) is 5.07. The molecule has 116 valence electrons. The first-order valence-corrected chi connectivity index (χ1v) is 7.24. The molecule has 1 atom stereocenters. The molecule has 0 bridgehead atoms. The summed E-state index contributed by atoms with van der Waals surface area (Å²) in [4.78, 5) is 26.0. The maximum atomic E-state index is 12.1. The van der Waals surface area contributed by atoms with Crippen molar-refractivity contribution in [2.45, 2.75) is 25.8 Å². The van der Waals surface area contributed by atoms with Crippen LogP contribution < -0.4 is 5.32 Å². The molecule has 1 aliphatic rings. The number of Topliss-reactive ketones (excluding diaryl/α,β-unsaturated/α-hetero) is 1. The Morgan fingerprint density at radius 3 is 2.57 bits per heavy atom. The third-order valence-corrected chi connectivity index (χ3v) is 3.81. The molecule has 1 fully saturated rings. The highest BCUT2D eigenvalue weighted by Gasteiger charge is 2.23. The van der Waals surface area contributed by atoms with Crippen LogP contribution in [-0.2, 0) is 4.79 Å². The average molecular weight is 331 g/mol. The highest BCUT2D eigenvalue weighted by atomic mass is 35.5. The van der Waals surface area contributed by atoms with E-state index in [1.807, 2.05) is 11.8 Å². The zero-order valence-electron chi connectivity index (χ0n) is 12.0. The van der Waals surface area contributed by atoms with E-state index in [-0.39, 0.29) is 43.0 Å². The molecular weight excluding hydrogens is 311 g/mol. The Labute approximate surface area is 136 Å². The lowest BCUT2D eigenvalue weighted by molar-refractivity contribution is -0.133. The molecule has 21 heavy (non-hydrogen) atoms. The van der Waals surface area contributed by atoms with Crippen LogP contribution in [0.3, 0.4) is 0 Å². The van der Waals surface area contributed by atoms with Gasteiger partial charge in [-0.05, 0) is 31.2 Å². The lowest BCUT2D eigenvalue weighted by atomic mass is 10.1. The number of carbonyl (C=O) groups excluding carboxylic acids is 2. The number of hydrogen-bond acceptors (Lipinski definition) is 3. The van der Waals surface area contributed by atoms with Crippen molar-refractivity contribution in [2.75, 3.05) is 19.6 Å². The topological polar surface area (TPSA) is 49.4 Å². The zero-order valence-corrected chi connectivity index (χ0v) is 13.5. The van der Waals surface area contributed by atoms with Gasteiger partial charge in [0.25, 0.3) is 0 Å². The summed E-state index contributed by atoms with van der Waals surface area (Å²) < 4.78 is 0. The zero-order chi connectivity index (χ0) is 14.5. The van der Waals surface area contributed by atoms with Crippen molar-refractivity contribution in [1.82, 2.24) is 10.2 Å². The largest absolute Gasteiger partial charge is 0.337 e. The van der Waals surface area contributed by atoms with Crippen LogP contribution in [0.15, 0.2) is 24.3 Å². The molecule has 0 aromatic heterocycles.